The Kier molecular flexibility index (Phi) is 4.39. The second kappa shape index (κ2) is 5.58. The van der Waals surface area contributed by atoms with E-state index in [9.17, 15) is 9.59 Å². The van der Waals surface area contributed by atoms with E-state index >= 15 is 0 Å². The maximum absolute atomic E-state index is 11.4. The summed E-state index contributed by atoms with van der Waals surface area (Å²) in [4.78, 5) is 21.8. The summed E-state index contributed by atoms with van der Waals surface area (Å²) in [6.07, 6.45) is 4.60. The lowest BCUT2D eigenvalue weighted by molar-refractivity contribution is -0.121. The van der Waals surface area contributed by atoms with Crippen LogP contribution in [-0.2, 0) is 4.79 Å². The van der Waals surface area contributed by atoms with Gasteiger partial charge in [0.25, 0.3) is 0 Å². The summed E-state index contributed by atoms with van der Waals surface area (Å²) in [6, 6.07) is -0.414. The van der Waals surface area contributed by atoms with Crippen LogP contribution in [0.25, 0.3) is 0 Å². The molecule has 1 rings (SSSR count). The molecule has 0 aromatic rings. The van der Waals surface area contributed by atoms with Crippen molar-refractivity contribution in [1.29, 1.82) is 0 Å². The number of amides is 3. The zero-order chi connectivity index (χ0) is 11.3. The molecule has 5 heteroatoms. The van der Waals surface area contributed by atoms with E-state index in [0.29, 0.717) is 5.92 Å². The van der Waals surface area contributed by atoms with Gasteiger partial charge >= 0.3 is 6.03 Å². The molecule has 0 saturated heterocycles. The molecule has 2 atom stereocenters. The first-order valence-electron chi connectivity index (χ1n) is 5.42. The number of carbonyl (C=O) groups excluding carboxylic acids is 2. The zero-order valence-electron chi connectivity index (χ0n) is 9.08. The second-order valence-electron chi connectivity index (χ2n) is 4.15. The summed E-state index contributed by atoms with van der Waals surface area (Å²) in [5, 5.41) is 5.19. The van der Waals surface area contributed by atoms with Crippen LogP contribution in [-0.4, -0.2) is 24.5 Å². The van der Waals surface area contributed by atoms with Crippen LogP contribution < -0.4 is 16.4 Å². The Hall–Kier alpha value is -1.26. The van der Waals surface area contributed by atoms with E-state index in [1.807, 2.05) is 0 Å². The summed E-state index contributed by atoms with van der Waals surface area (Å²) >= 11 is 0. The Morgan fingerprint density at radius 3 is 2.60 bits per heavy atom. The van der Waals surface area contributed by atoms with Gasteiger partial charge in [0.15, 0.2) is 0 Å². The second-order valence-corrected chi connectivity index (χ2v) is 4.15. The molecule has 0 aromatic carbocycles. The van der Waals surface area contributed by atoms with Crippen LogP contribution in [0.3, 0.4) is 0 Å². The Morgan fingerprint density at radius 1 is 1.33 bits per heavy atom. The topological polar surface area (TPSA) is 84.2 Å². The fourth-order valence-electron chi connectivity index (χ4n) is 1.96. The molecule has 0 heterocycles. The predicted molar refractivity (Wildman–Crippen MR) is 57.1 cm³/mol. The number of nitrogens with two attached hydrogens (primary N) is 1. The fourth-order valence-corrected chi connectivity index (χ4v) is 1.96. The fraction of sp³-hybridized carbons (Fsp3) is 0.800. The molecular weight excluding hydrogens is 194 g/mol. The first kappa shape index (κ1) is 11.8. The average molecular weight is 213 g/mol. The maximum Gasteiger partial charge on any atom is 0.312 e. The number of primary amides is 1. The molecule has 0 unspecified atom stereocenters. The molecular formula is C10H19N3O2. The number of hydrogen-bond acceptors (Lipinski definition) is 2. The van der Waals surface area contributed by atoms with E-state index in [0.717, 1.165) is 12.8 Å². The Labute approximate surface area is 89.8 Å². The van der Waals surface area contributed by atoms with Crippen LogP contribution >= 0.6 is 0 Å². The summed E-state index contributed by atoms with van der Waals surface area (Å²) in [6.45, 7) is 2.12. The average Bonchev–Trinajstić information content (AvgIpc) is 2.18. The molecule has 5 nitrogen and oxygen atoms in total. The van der Waals surface area contributed by atoms with Crippen molar-refractivity contribution in [3.8, 4) is 0 Å². The lowest BCUT2D eigenvalue weighted by Crippen LogP contribution is -2.46. The van der Waals surface area contributed by atoms with Crippen molar-refractivity contribution in [3.05, 3.63) is 0 Å². The smallest absolute Gasteiger partial charge is 0.312 e. The van der Waals surface area contributed by atoms with E-state index in [1.54, 1.807) is 0 Å². The van der Waals surface area contributed by atoms with Crippen LogP contribution in [0.2, 0.25) is 0 Å². The van der Waals surface area contributed by atoms with E-state index in [-0.39, 0.29) is 18.5 Å². The Balaban J connectivity index is 2.26. The molecule has 4 N–H and O–H groups in total. The Bertz CT molecular complexity index is 243. The summed E-state index contributed by atoms with van der Waals surface area (Å²) in [5.41, 5.74) is 4.87. The molecule has 0 bridgehead atoms. The molecule has 1 saturated carbocycles. The van der Waals surface area contributed by atoms with Crippen LogP contribution in [0.4, 0.5) is 4.79 Å². The van der Waals surface area contributed by atoms with Gasteiger partial charge in [-0.2, -0.15) is 0 Å². The van der Waals surface area contributed by atoms with Crippen molar-refractivity contribution in [2.24, 2.45) is 11.7 Å². The number of nitrogens with one attached hydrogen (secondary N) is 2. The first-order valence-corrected chi connectivity index (χ1v) is 5.42. The lowest BCUT2D eigenvalue weighted by atomic mass is 9.86. The molecule has 0 radical (unpaired) electrons. The van der Waals surface area contributed by atoms with E-state index in [2.05, 4.69) is 17.6 Å². The standard InChI is InChI=1S/C10H19N3O2/c1-7-4-2-3-5-8(7)13-9(14)6-12-10(11)15/h7-8H,2-6H2,1H3,(H,13,14)(H3,11,12,15)/t7-,8+/m1/s1. The van der Waals surface area contributed by atoms with Crippen LogP contribution in [0.1, 0.15) is 32.6 Å². The molecule has 86 valence electrons. The SMILES string of the molecule is C[C@@H]1CCCC[C@@H]1NC(=O)CNC(N)=O. The van der Waals surface area contributed by atoms with E-state index < -0.39 is 6.03 Å². The number of rotatable bonds is 3. The van der Waals surface area contributed by atoms with Gasteiger partial charge in [-0.15, -0.1) is 0 Å². The minimum Gasteiger partial charge on any atom is -0.352 e. The van der Waals surface area contributed by atoms with Crippen LogP contribution in [0.5, 0.6) is 0 Å². The van der Waals surface area contributed by atoms with Crippen molar-refractivity contribution in [1.82, 2.24) is 10.6 Å². The monoisotopic (exact) mass is 213 g/mol. The van der Waals surface area contributed by atoms with Crippen molar-refractivity contribution >= 4 is 11.9 Å². The summed E-state index contributed by atoms with van der Waals surface area (Å²) in [5.74, 6) is 0.365. The van der Waals surface area contributed by atoms with Gasteiger partial charge in [-0.3, -0.25) is 4.79 Å². The van der Waals surface area contributed by atoms with Gasteiger partial charge in [0.05, 0.1) is 6.54 Å². The van der Waals surface area contributed by atoms with Crippen molar-refractivity contribution in [3.63, 3.8) is 0 Å². The molecule has 1 aliphatic carbocycles. The highest BCUT2D eigenvalue weighted by molar-refractivity contribution is 5.83. The van der Waals surface area contributed by atoms with Gasteiger partial charge in [-0.25, -0.2) is 4.79 Å². The van der Waals surface area contributed by atoms with Crippen molar-refractivity contribution in [2.45, 2.75) is 38.6 Å². The summed E-state index contributed by atoms with van der Waals surface area (Å²) in [7, 11) is 0. The summed E-state index contributed by atoms with van der Waals surface area (Å²) < 4.78 is 0. The highest BCUT2D eigenvalue weighted by atomic mass is 16.2. The number of carbonyl (C=O) groups is 2. The molecule has 3 amide bonds. The first-order chi connectivity index (χ1) is 7.09. The predicted octanol–water partition coefficient (Wildman–Crippen LogP) is 0.350. The van der Waals surface area contributed by atoms with Gasteiger partial charge in [0, 0.05) is 6.04 Å². The van der Waals surface area contributed by atoms with Crippen molar-refractivity contribution in [2.75, 3.05) is 6.54 Å². The lowest BCUT2D eigenvalue weighted by Gasteiger charge is -2.29. The molecule has 1 aliphatic rings. The number of hydrogen-bond donors (Lipinski definition) is 3. The van der Waals surface area contributed by atoms with Crippen molar-refractivity contribution < 1.29 is 9.59 Å². The molecule has 1 fully saturated rings. The zero-order valence-corrected chi connectivity index (χ0v) is 9.08. The van der Waals surface area contributed by atoms with Gasteiger partial charge < -0.3 is 16.4 Å². The van der Waals surface area contributed by atoms with Crippen LogP contribution in [0, 0.1) is 5.92 Å². The van der Waals surface area contributed by atoms with Gasteiger partial charge in [-0.05, 0) is 18.8 Å². The van der Waals surface area contributed by atoms with Gasteiger partial charge in [0.1, 0.15) is 0 Å². The highest BCUT2D eigenvalue weighted by Gasteiger charge is 2.22. The normalized spacial score (nSPS) is 25.7. The molecule has 0 aromatic heterocycles. The van der Waals surface area contributed by atoms with Gasteiger partial charge in [-0.1, -0.05) is 19.8 Å². The quantitative estimate of drug-likeness (QED) is 0.632. The third kappa shape index (κ3) is 4.18. The largest absolute Gasteiger partial charge is 0.352 e. The third-order valence-corrected chi connectivity index (χ3v) is 2.88. The molecule has 0 spiro atoms. The molecule has 0 aliphatic heterocycles. The van der Waals surface area contributed by atoms with E-state index in [1.165, 1.54) is 12.8 Å². The minimum absolute atomic E-state index is 0.0292. The highest BCUT2D eigenvalue weighted by Crippen LogP contribution is 2.23. The van der Waals surface area contributed by atoms with Gasteiger partial charge in [0.2, 0.25) is 5.91 Å². The third-order valence-electron chi connectivity index (χ3n) is 2.88. The van der Waals surface area contributed by atoms with Crippen LogP contribution in [0.15, 0.2) is 0 Å². The maximum atomic E-state index is 11.4. The molecule has 15 heavy (non-hydrogen) atoms. The minimum atomic E-state index is -0.665. The van der Waals surface area contributed by atoms with E-state index in [4.69, 9.17) is 5.73 Å². The Morgan fingerprint density at radius 2 is 2.00 bits per heavy atom. The number of urea groups is 1.